The molecule has 0 aromatic heterocycles. The van der Waals surface area contributed by atoms with Crippen LogP contribution < -0.4 is 0 Å². The molecule has 0 heterocycles. The summed E-state index contributed by atoms with van der Waals surface area (Å²) in [5.41, 5.74) is 0.354. The molecular weight excluding hydrogens is 340 g/mol. The predicted octanol–water partition coefficient (Wildman–Crippen LogP) is 3.58. The third kappa shape index (κ3) is 2.88. The highest BCUT2D eigenvalue weighted by atomic mass is 32.3. The predicted molar refractivity (Wildman–Crippen MR) is 94.2 cm³/mol. The first-order valence-corrected chi connectivity index (χ1v) is 11.3. The molecule has 0 saturated heterocycles. The van der Waals surface area contributed by atoms with Crippen LogP contribution in [0, 0.1) is 34.5 Å². The van der Waals surface area contributed by atoms with Gasteiger partial charge in [0.15, 0.2) is 0 Å². The first-order valence-electron chi connectivity index (χ1n) is 9.97. The van der Waals surface area contributed by atoms with Gasteiger partial charge in [0, 0.05) is 0 Å². The van der Waals surface area contributed by atoms with E-state index < -0.39 is 10.4 Å². The molecule has 25 heavy (non-hydrogen) atoms. The highest BCUT2D eigenvalue weighted by Crippen LogP contribution is 2.66. The summed E-state index contributed by atoms with van der Waals surface area (Å²) in [6.07, 6.45) is 8.65. The van der Waals surface area contributed by atoms with E-state index in [0.717, 1.165) is 38.5 Å². The molecule has 4 aliphatic carbocycles. The van der Waals surface area contributed by atoms with Gasteiger partial charge in [-0.3, -0.25) is 4.55 Å². The summed E-state index contributed by atoms with van der Waals surface area (Å²) in [6.45, 7) is 4.71. The molecule has 0 aliphatic heterocycles. The second-order valence-corrected chi connectivity index (χ2v) is 10.8. The Morgan fingerprint density at radius 1 is 0.920 bits per heavy atom. The van der Waals surface area contributed by atoms with Gasteiger partial charge in [0.05, 0.1) is 12.2 Å². The Morgan fingerprint density at radius 3 is 2.32 bits per heavy atom. The number of aliphatic hydroxyl groups excluding tert-OH is 1. The number of hydrogen-bond acceptors (Lipinski definition) is 4. The monoisotopic (exact) mass is 372 g/mol. The van der Waals surface area contributed by atoms with Gasteiger partial charge in [0.1, 0.15) is 0 Å². The zero-order chi connectivity index (χ0) is 18.0. The van der Waals surface area contributed by atoms with Crippen LogP contribution >= 0.6 is 0 Å². The third-order valence-electron chi connectivity index (χ3n) is 8.83. The highest BCUT2D eigenvalue weighted by Gasteiger charge is 2.60. The van der Waals surface area contributed by atoms with Crippen molar-refractivity contribution < 1.29 is 22.3 Å². The number of rotatable bonds is 2. The fourth-order valence-electron chi connectivity index (χ4n) is 7.45. The lowest BCUT2D eigenvalue weighted by Gasteiger charge is -2.60. The van der Waals surface area contributed by atoms with Crippen molar-refractivity contribution in [2.24, 2.45) is 34.5 Å². The van der Waals surface area contributed by atoms with Crippen molar-refractivity contribution in [3.05, 3.63) is 0 Å². The molecule has 5 nitrogen and oxygen atoms in total. The summed E-state index contributed by atoms with van der Waals surface area (Å²) in [6, 6.07) is 0. The normalized spacial score (nSPS) is 53.0. The summed E-state index contributed by atoms with van der Waals surface area (Å²) >= 11 is 0. The Bertz CT molecular complexity index is 634. The molecule has 4 fully saturated rings. The van der Waals surface area contributed by atoms with E-state index in [1.54, 1.807) is 0 Å². The van der Waals surface area contributed by atoms with Crippen LogP contribution in [-0.4, -0.2) is 30.3 Å². The lowest BCUT2D eigenvalue weighted by atomic mass is 9.45. The second kappa shape index (κ2) is 5.91. The average Bonchev–Trinajstić information content (AvgIpc) is 2.82. The maximum absolute atomic E-state index is 11.1. The Balaban J connectivity index is 1.53. The minimum absolute atomic E-state index is 0.107. The molecule has 0 aromatic rings. The molecular formula is C19H32O5S. The fourth-order valence-corrected chi connectivity index (χ4v) is 7.97. The van der Waals surface area contributed by atoms with E-state index >= 15 is 0 Å². The summed E-state index contributed by atoms with van der Waals surface area (Å²) in [4.78, 5) is 0. The molecule has 0 spiro atoms. The summed E-state index contributed by atoms with van der Waals surface area (Å²) in [7, 11) is -4.36. The molecule has 0 radical (unpaired) electrons. The summed E-state index contributed by atoms with van der Waals surface area (Å²) in [5.74, 6) is 2.51. The average molecular weight is 373 g/mol. The van der Waals surface area contributed by atoms with Crippen molar-refractivity contribution in [2.75, 3.05) is 0 Å². The van der Waals surface area contributed by atoms with Gasteiger partial charge in [0.2, 0.25) is 0 Å². The van der Waals surface area contributed by atoms with Crippen molar-refractivity contribution in [2.45, 2.75) is 83.8 Å². The van der Waals surface area contributed by atoms with Crippen LogP contribution in [0.1, 0.15) is 71.6 Å². The third-order valence-corrected chi connectivity index (χ3v) is 9.34. The van der Waals surface area contributed by atoms with Crippen LogP contribution in [0.4, 0.5) is 0 Å². The second-order valence-electron chi connectivity index (χ2n) is 9.71. The molecule has 4 rings (SSSR count). The minimum atomic E-state index is -4.36. The Labute approximate surface area is 151 Å². The Morgan fingerprint density at radius 2 is 1.60 bits per heavy atom. The quantitative estimate of drug-likeness (QED) is 0.724. The molecule has 8 atom stereocenters. The van der Waals surface area contributed by atoms with Crippen LogP contribution in [0.25, 0.3) is 0 Å². The molecule has 2 N–H and O–H groups in total. The fraction of sp³-hybridized carbons (Fsp3) is 1.00. The smallest absolute Gasteiger partial charge is 0.393 e. The van der Waals surface area contributed by atoms with Crippen molar-refractivity contribution in [1.82, 2.24) is 0 Å². The van der Waals surface area contributed by atoms with E-state index in [2.05, 4.69) is 13.8 Å². The summed E-state index contributed by atoms with van der Waals surface area (Å²) < 4.78 is 36.0. The molecule has 0 amide bonds. The Hall–Kier alpha value is -0.170. The van der Waals surface area contributed by atoms with Gasteiger partial charge in [-0.25, -0.2) is 4.18 Å². The zero-order valence-electron chi connectivity index (χ0n) is 15.4. The van der Waals surface area contributed by atoms with Crippen molar-refractivity contribution in [1.29, 1.82) is 0 Å². The van der Waals surface area contributed by atoms with E-state index in [4.69, 9.17) is 8.74 Å². The van der Waals surface area contributed by atoms with Gasteiger partial charge < -0.3 is 5.11 Å². The van der Waals surface area contributed by atoms with Gasteiger partial charge in [-0.1, -0.05) is 13.8 Å². The van der Waals surface area contributed by atoms with Crippen molar-refractivity contribution in [3.8, 4) is 0 Å². The minimum Gasteiger partial charge on any atom is -0.393 e. The molecule has 144 valence electrons. The number of fused-ring (bicyclic) bond motifs is 5. The molecule has 0 aromatic carbocycles. The molecule has 6 heteroatoms. The van der Waals surface area contributed by atoms with E-state index in [1.165, 1.54) is 12.8 Å². The lowest BCUT2D eigenvalue weighted by molar-refractivity contribution is -0.131. The first kappa shape index (κ1) is 18.2. The maximum atomic E-state index is 11.1. The van der Waals surface area contributed by atoms with Crippen LogP contribution in [0.3, 0.4) is 0 Å². The van der Waals surface area contributed by atoms with Crippen molar-refractivity contribution in [3.63, 3.8) is 0 Å². The number of aliphatic hydroxyl groups is 1. The molecule has 1 unspecified atom stereocenters. The standard InChI is InChI=1S/C19H32O5S/c1-18-9-7-13(24-25(21,22)23)11-12(18)3-4-14-15-5-6-17(20)19(15,2)10-8-16(14)18/h12-17,20H,3-11H2,1-2H3,(H,21,22,23)/t12?,13-,14-,15-,16-,17+,18-,19-/m0/s1. The van der Waals surface area contributed by atoms with Gasteiger partial charge in [0.25, 0.3) is 0 Å². The van der Waals surface area contributed by atoms with Crippen LogP contribution in [0.15, 0.2) is 0 Å². The van der Waals surface area contributed by atoms with Gasteiger partial charge in [-0.15, -0.1) is 0 Å². The van der Waals surface area contributed by atoms with Crippen LogP contribution in [0.5, 0.6) is 0 Å². The van der Waals surface area contributed by atoms with Gasteiger partial charge >= 0.3 is 10.4 Å². The summed E-state index contributed by atoms with van der Waals surface area (Å²) in [5, 5.41) is 10.5. The van der Waals surface area contributed by atoms with E-state index in [0.29, 0.717) is 30.1 Å². The maximum Gasteiger partial charge on any atom is 0.397 e. The molecule has 4 aliphatic rings. The highest BCUT2D eigenvalue weighted by molar-refractivity contribution is 7.80. The Kier molecular flexibility index (Phi) is 4.31. The van der Waals surface area contributed by atoms with E-state index in [1.807, 2.05) is 0 Å². The largest absolute Gasteiger partial charge is 0.397 e. The topological polar surface area (TPSA) is 83.8 Å². The number of hydrogen-bond donors (Lipinski definition) is 2. The van der Waals surface area contributed by atoms with E-state index in [9.17, 15) is 13.5 Å². The van der Waals surface area contributed by atoms with E-state index in [-0.39, 0.29) is 23.0 Å². The van der Waals surface area contributed by atoms with Crippen molar-refractivity contribution >= 4 is 10.4 Å². The SMILES string of the molecule is C[C@]12CC[C@H]3[C@@H](CCC4C[C@@H](OS(=O)(=O)O)CC[C@@]43C)[C@@H]1CC[C@H]2O. The van der Waals surface area contributed by atoms with Crippen LogP contribution in [-0.2, 0) is 14.6 Å². The lowest BCUT2D eigenvalue weighted by Crippen LogP contribution is -2.54. The first-order chi connectivity index (χ1) is 11.6. The van der Waals surface area contributed by atoms with Gasteiger partial charge in [-0.2, -0.15) is 8.42 Å². The molecule has 0 bridgehead atoms. The molecule has 4 saturated carbocycles. The zero-order valence-corrected chi connectivity index (χ0v) is 16.2. The van der Waals surface area contributed by atoms with Gasteiger partial charge in [-0.05, 0) is 92.3 Å². The van der Waals surface area contributed by atoms with Crippen LogP contribution in [0.2, 0.25) is 0 Å².